The first kappa shape index (κ1) is 5.61. The van der Waals surface area contributed by atoms with Crippen LogP contribution in [0, 0.1) is 0 Å². The molecule has 0 unspecified atom stereocenters. The molecular formula is C6H5NO2S. The van der Waals surface area contributed by atoms with Gasteiger partial charge in [0.1, 0.15) is 5.52 Å². The molecule has 0 spiro atoms. The second kappa shape index (κ2) is 1.67. The molecule has 0 aliphatic rings. The molecule has 0 atom stereocenters. The van der Waals surface area contributed by atoms with Gasteiger partial charge in [0.05, 0.1) is 4.70 Å². The number of aromatic nitrogens is 1. The van der Waals surface area contributed by atoms with Crippen molar-refractivity contribution >= 4 is 21.6 Å². The molecular weight excluding hydrogens is 150 g/mol. The summed E-state index contributed by atoms with van der Waals surface area (Å²) in [5, 5.41) is 18.2. The molecule has 2 heterocycles. The van der Waals surface area contributed by atoms with Crippen LogP contribution in [0.25, 0.3) is 10.2 Å². The van der Waals surface area contributed by atoms with E-state index in [1.165, 1.54) is 17.4 Å². The van der Waals surface area contributed by atoms with E-state index in [1.54, 1.807) is 12.3 Å². The average Bonchev–Trinajstić information content (AvgIpc) is 2.35. The van der Waals surface area contributed by atoms with Crippen LogP contribution in [0.1, 0.15) is 0 Å². The van der Waals surface area contributed by atoms with Crippen molar-refractivity contribution in [3.63, 3.8) is 0 Å². The van der Waals surface area contributed by atoms with Gasteiger partial charge in [0, 0.05) is 12.3 Å². The first-order valence-corrected chi connectivity index (χ1v) is 3.58. The van der Waals surface area contributed by atoms with Gasteiger partial charge in [-0.15, -0.1) is 0 Å². The highest BCUT2D eigenvalue weighted by molar-refractivity contribution is 7.20. The van der Waals surface area contributed by atoms with Crippen LogP contribution in [-0.2, 0) is 0 Å². The lowest BCUT2D eigenvalue weighted by Gasteiger charge is -1.85. The van der Waals surface area contributed by atoms with E-state index < -0.39 is 0 Å². The van der Waals surface area contributed by atoms with Gasteiger partial charge in [0.15, 0.2) is 5.06 Å². The van der Waals surface area contributed by atoms with Crippen molar-refractivity contribution < 1.29 is 10.3 Å². The van der Waals surface area contributed by atoms with Gasteiger partial charge in [0.25, 0.3) is 0 Å². The van der Waals surface area contributed by atoms with Gasteiger partial charge in [0.2, 0.25) is 0 Å². The zero-order valence-corrected chi connectivity index (χ0v) is 5.80. The molecule has 0 saturated heterocycles. The summed E-state index contributed by atoms with van der Waals surface area (Å²) in [7, 11) is 0. The maximum atomic E-state index is 9.04. The highest BCUT2D eigenvalue weighted by Gasteiger charge is 2.03. The Morgan fingerprint density at radius 1 is 1.50 bits per heavy atom. The minimum absolute atomic E-state index is 0.230. The Bertz CT molecular complexity index is 363. The van der Waals surface area contributed by atoms with E-state index in [2.05, 4.69) is 0 Å². The van der Waals surface area contributed by atoms with Gasteiger partial charge in [-0.1, -0.05) is 11.3 Å². The smallest absolute Gasteiger partial charge is 0.173 e. The van der Waals surface area contributed by atoms with Gasteiger partial charge in [-0.25, -0.2) is 0 Å². The zero-order chi connectivity index (χ0) is 7.14. The highest BCUT2D eigenvalue weighted by atomic mass is 32.1. The summed E-state index contributed by atoms with van der Waals surface area (Å²) in [4.78, 5) is 0. The third-order valence-corrected chi connectivity index (χ3v) is 2.23. The summed E-state index contributed by atoms with van der Waals surface area (Å²) in [6.45, 7) is 0. The third-order valence-electron chi connectivity index (χ3n) is 1.34. The molecule has 0 bridgehead atoms. The van der Waals surface area contributed by atoms with Crippen molar-refractivity contribution in [3.05, 3.63) is 18.3 Å². The fourth-order valence-electron chi connectivity index (χ4n) is 0.900. The largest absolute Gasteiger partial charge is 0.499 e. The standard InChI is InChI=1S/C6H5NO2S/c8-6-3-4-5(10-6)1-2-7(4)9/h1-3,8-9H. The van der Waals surface area contributed by atoms with Crippen LogP contribution in [0.4, 0.5) is 0 Å². The molecule has 0 fully saturated rings. The van der Waals surface area contributed by atoms with E-state index in [4.69, 9.17) is 10.3 Å². The first-order chi connectivity index (χ1) is 4.77. The van der Waals surface area contributed by atoms with E-state index in [0.717, 1.165) is 9.43 Å². The van der Waals surface area contributed by atoms with E-state index in [1.807, 2.05) is 0 Å². The highest BCUT2D eigenvalue weighted by Crippen LogP contribution is 2.30. The van der Waals surface area contributed by atoms with Crippen molar-refractivity contribution in [3.8, 4) is 5.06 Å². The molecule has 4 heteroatoms. The van der Waals surface area contributed by atoms with Crippen molar-refractivity contribution in [2.75, 3.05) is 0 Å². The number of hydrogen-bond acceptors (Lipinski definition) is 3. The molecule has 0 amide bonds. The normalized spacial score (nSPS) is 10.8. The number of rotatable bonds is 0. The zero-order valence-electron chi connectivity index (χ0n) is 4.98. The summed E-state index contributed by atoms with van der Waals surface area (Å²) in [5.74, 6) is 0. The molecule has 10 heavy (non-hydrogen) atoms. The summed E-state index contributed by atoms with van der Waals surface area (Å²) in [6.07, 6.45) is 1.54. The van der Waals surface area contributed by atoms with Crippen LogP contribution in [0.15, 0.2) is 18.3 Å². The monoisotopic (exact) mass is 155 g/mol. The predicted molar refractivity (Wildman–Crippen MR) is 38.7 cm³/mol. The maximum Gasteiger partial charge on any atom is 0.173 e. The van der Waals surface area contributed by atoms with Crippen LogP contribution in [-0.4, -0.2) is 15.0 Å². The van der Waals surface area contributed by atoms with Crippen molar-refractivity contribution in [2.45, 2.75) is 0 Å². The average molecular weight is 155 g/mol. The van der Waals surface area contributed by atoms with Crippen LogP contribution in [0.5, 0.6) is 5.06 Å². The summed E-state index contributed by atoms with van der Waals surface area (Å²) < 4.78 is 1.88. The number of thiophene rings is 1. The minimum atomic E-state index is 0.230. The molecule has 0 radical (unpaired) electrons. The van der Waals surface area contributed by atoms with Gasteiger partial charge < -0.3 is 10.3 Å². The van der Waals surface area contributed by atoms with Crippen LogP contribution < -0.4 is 0 Å². The fraction of sp³-hybridized carbons (Fsp3) is 0. The molecule has 0 aliphatic carbocycles. The molecule has 0 aromatic carbocycles. The van der Waals surface area contributed by atoms with Crippen molar-refractivity contribution in [1.29, 1.82) is 0 Å². The molecule has 2 N–H and O–H groups in total. The van der Waals surface area contributed by atoms with E-state index in [-0.39, 0.29) is 5.06 Å². The van der Waals surface area contributed by atoms with E-state index >= 15 is 0 Å². The second-order valence-corrected chi connectivity index (χ2v) is 3.06. The van der Waals surface area contributed by atoms with Crippen LogP contribution in [0.2, 0.25) is 0 Å². The Balaban J connectivity index is 2.90. The third kappa shape index (κ3) is 0.593. The van der Waals surface area contributed by atoms with Crippen LogP contribution >= 0.6 is 11.3 Å². The quantitative estimate of drug-likeness (QED) is 0.568. The molecule has 52 valence electrons. The molecule has 0 saturated carbocycles. The van der Waals surface area contributed by atoms with Crippen molar-refractivity contribution in [2.24, 2.45) is 0 Å². The molecule has 2 aromatic heterocycles. The number of fused-ring (bicyclic) bond motifs is 1. The molecule has 0 aliphatic heterocycles. The van der Waals surface area contributed by atoms with E-state index in [9.17, 15) is 0 Å². The number of nitrogens with zero attached hydrogens (tertiary/aromatic N) is 1. The van der Waals surface area contributed by atoms with E-state index in [0.29, 0.717) is 5.52 Å². The van der Waals surface area contributed by atoms with Gasteiger partial charge in [-0.3, -0.25) is 0 Å². The maximum absolute atomic E-state index is 9.04. The lowest BCUT2D eigenvalue weighted by atomic mass is 10.5. The summed E-state index contributed by atoms with van der Waals surface area (Å²) >= 11 is 1.25. The Morgan fingerprint density at radius 3 is 3.00 bits per heavy atom. The second-order valence-electron chi connectivity index (χ2n) is 1.99. The van der Waals surface area contributed by atoms with Gasteiger partial charge in [-0.05, 0) is 6.07 Å². The Kier molecular flexibility index (Phi) is 0.935. The topological polar surface area (TPSA) is 45.4 Å². The predicted octanol–water partition coefficient (Wildman–Crippen LogP) is 1.65. The summed E-state index contributed by atoms with van der Waals surface area (Å²) in [6, 6.07) is 3.28. The van der Waals surface area contributed by atoms with Gasteiger partial charge >= 0.3 is 0 Å². The Hall–Kier alpha value is -1.16. The first-order valence-electron chi connectivity index (χ1n) is 2.76. The lowest BCUT2D eigenvalue weighted by molar-refractivity contribution is 0.200. The number of hydrogen-bond donors (Lipinski definition) is 2. The SMILES string of the molecule is Oc1cc2c(ccn2O)s1. The minimum Gasteiger partial charge on any atom is -0.499 e. The Labute approximate surface area is 60.7 Å². The van der Waals surface area contributed by atoms with Crippen LogP contribution in [0.3, 0.4) is 0 Å². The number of aromatic hydroxyl groups is 1. The molecule has 2 aromatic rings. The van der Waals surface area contributed by atoms with Crippen molar-refractivity contribution in [1.82, 2.24) is 4.73 Å². The Morgan fingerprint density at radius 2 is 2.30 bits per heavy atom. The summed E-state index contributed by atoms with van der Waals surface area (Å²) in [5.41, 5.74) is 0.655. The lowest BCUT2D eigenvalue weighted by Crippen LogP contribution is -1.82. The fourth-order valence-corrected chi connectivity index (χ4v) is 1.68. The molecule has 2 rings (SSSR count). The molecule has 3 nitrogen and oxygen atoms in total. The van der Waals surface area contributed by atoms with Gasteiger partial charge in [-0.2, -0.15) is 4.73 Å².